The number of aromatic nitrogens is 1. The number of hydrogen-bond acceptors (Lipinski definition) is 6. The number of carbonyl (C=O) groups is 1. The highest BCUT2D eigenvalue weighted by Crippen LogP contribution is 2.33. The molecule has 0 unspecified atom stereocenters. The van der Waals surface area contributed by atoms with Gasteiger partial charge in [-0.1, -0.05) is 25.5 Å². The van der Waals surface area contributed by atoms with Crippen LogP contribution in [0.2, 0.25) is 0 Å². The van der Waals surface area contributed by atoms with E-state index in [1.54, 1.807) is 42.6 Å². The summed E-state index contributed by atoms with van der Waals surface area (Å²) in [5.41, 5.74) is 2.21. The van der Waals surface area contributed by atoms with Crippen LogP contribution in [0.25, 0.3) is 0 Å². The molecule has 1 heterocycles. The van der Waals surface area contributed by atoms with Gasteiger partial charge < -0.3 is 14.6 Å². The molecule has 3 aromatic rings. The fraction of sp³-hybridized carbons (Fsp3) is 0.208. The average molecular weight is 402 g/mol. The van der Waals surface area contributed by atoms with Gasteiger partial charge in [0.05, 0.1) is 5.56 Å². The zero-order valence-corrected chi connectivity index (χ0v) is 16.9. The van der Waals surface area contributed by atoms with Gasteiger partial charge in [0.2, 0.25) is 5.88 Å². The van der Waals surface area contributed by atoms with Crippen molar-refractivity contribution < 1.29 is 19.4 Å². The fourth-order valence-electron chi connectivity index (χ4n) is 3.01. The van der Waals surface area contributed by atoms with Crippen molar-refractivity contribution >= 4 is 5.78 Å². The Morgan fingerprint density at radius 1 is 1.17 bits per heavy atom. The molecule has 0 atom stereocenters. The molecule has 0 radical (unpaired) electrons. The summed E-state index contributed by atoms with van der Waals surface area (Å²) in [5, 5.41) is 19.6. The zero-order chi connectivity index (χ0) is 21.5. The van der Waals surface area contributed by atoms with Crippen LogP contribution in [0.15, 0.2) is 54.7 Å². The Balaban J connectivity index is 1.72. The molecule has 0 saturated heterocycles. The van der Waals surface area contributed by atoms with Gasteiger partial charge in [0.15, 0.2) is 5.78 Å². The van der Waals surface area contributed by atoms with Crippen molar-refractivity contribution in [3.8, 4) is 29.2 Å². The third-order valence-corrected chi connectivity index (χ3v) is 4.54. The average Bonchev–Trinajstić information content (AvgIpc) is 2.75. The van der Waals surface area contributed by atoms with E-state index in [9.17, 15) is 9.90 Å². The monoisotopic (exact) mass is 402 g/mol. The van der Waals surface area contributed by atoms with E-state index in [0.717, 1.165) is 12.0 Å². The molecule has 6 nitrogen and oxygen atoms in total. The van der Waals surface area contributed by atoms with E-state index < -0.39 is 0 Å². The predicted octanol–water partition coefficient (Wildman–Crippen LogP) is 5.19. The van der Waals surface area contributed by atoms with E-state index in [1.807, 2.05) is 25.1 Å². The summed E-state index contributed by atoms with van der Waals surface area (Å²) >= 11 is 0. The van der Waals surface area contributed by atoms with Gasteiger partial charge >= 0.3 is 0 Å². The standard InChI is InChI=1S/C24H22N2O4/c1-3-5-21-22(12-11-20(16(2)27)23(21)28)29-15-17-7-9-19(10-8-17)30-24-18(14-25)6-4-13-26-24/h4,6-13,28H,3,5,15H2,1-2H3. The molecule has 0 saturated carbocycles. The number of ether oxygens (including phenoxy) is 2. The van der Waals surface area contributed by atoms with Gasteiger partial charge in [-0.15, -0.1) is 0 Å². The van der Waals surface area contributed by atoms with E-state index in [2.05, 4.69) is 4.98 Å². The van der Waals surface area contributed by atoms with Crippen molar-refractivity contribution in [2.45, 2.75) is 33.3 Å². The van der Waals surface area contributed by atoms with E-state index in [-0.39, 0.29) is 17.4 Å². The Labute approximate surface area is 175 Å². The number of nitrogens with zero attached hydrogens (tertiary/aromatic N) is 2. The molecule has 1 aromatic heterocycles. The van der Waals surface area contributed by atoms with Gasteiger partial charge in [-0.3, -0.25) is 4.79 Å². The lowest BCUT2D eigenvalue weighted by Gasteiger charge is -2.15. The van der Waals surface area contributed by atoms with Gasteiger partial charge in [0.25, 0.3) is 0 Å². The largest absolute Gasteiger partial charge is 0.507 e. The number of ketones is 1. The lowest BCUT2D eigenvalue weighted by atomic mass is 10.0. The summed E-state index contributed by atoms with van der Waals surface area (Å²) in [6.07, 6.45) is 2.99. The number of nitriles is 1. The number of benzene rings is 2. The van der Waals surface area contributed by atoms with Crippen LogP contribution in [0.5, 0.6) is 23.1 Å². The first-order valence-corrected chi connectivity index (χ1v) is 9.64. The van der Waals surface area contributed by atoms with Gasteiger partial charge in [-0.25, -0.2) is 4.98 Å². The number of hydrogen-bond donors (Lipinski definition) is 1. The van der Waals surface area contributed by atoms with Gasteiger partial charge in [0.1, 0.15) is 35.5 Å². The summed E-state index contributed by atoms with van der Waals surface area (Å²) in [4.78, 5) is 15.8. The van der Waals surface area contributed by atoms with Crippen molar-refractivity contribution in [2.24, 2.45) is 0 Å². The van der Waals surface area contributed by atoms with Crippen LogP contribution in [0.4, 0.5) is 0 Å². The van der Waals surface area contributed by atoms with Crippen molar-refractivity contribution in [3.63, 3.8) is 0 Å². The SMILES string of the molecule is CCCc1c(OCc2ccc(Oc3ncccc3C#N)cc2)ccc(C(C)=O)c1O. The first kappa shape index (κ1) is 20.9. The molecule has 0 aliphatic carbocycles. The number of carbonyl (C=O) groups excluding carboxylic acids is 1. The number of phenolic OH excluding ortho intramolecular Hbond substituents is 1. The number of Topliss-reactive ketones (excluding diaryl/α,β-unsaturated/α-hetero) is 1. The second-order valence-corrected chi connectivity index (χ2v) is 6.75. The quantitative estimate of drug-likeness (QED) is 0.522. The highest BCUT2D eigenvalue weighted by atomic mass is 16.5. The molecule has 0 aliphatic heterocycles. The number of rotatable bonds is 8. The Morgan fingerprint density at radius 3 is 2.60 bits per heavy atom. The van der Waals surface area contributed by atoms with E-state index >= 15 is 0 Å². The smallest absolute Gasteiger partial charge is 0.237 e. The van der Waals surface area contributed by atoms with Crippen LogP contribution >= 0.6 is 0 Å². The Bertz CT molecular complexity index is 1090. The van der Waals surface area contributed by atoms with E-state index in [4.69, 9.17) is 14.7 Å². The van der Waals surface area contributed by atoms with E-state index in [0.29, 0.717) is 41.2 Å². The first-order valence-electron chi connectivity index (χ1n) is 9.64. The van der Waals surface area contributed by atoms with Gasteiger partial charge in [-0.2, -0.15) is 5.26 Å². The molecule has 0 fully saturated rings. The van der Waals surface area contributed by atoms with E-state index in [1.165, 1.54) is 6.92 Å². The Kier molecular flexibility index (Phi) is 6.66. The van der Waals surface area contributed by atoms with Gasteiger partial charge in [-0.05, 0) is 55.3 Å². The van der Waals surface area contributed by atoms with Crippen molar-refractivity contribution in [3.05, 3.63) is 77.0 Å². The summed E-state index contributed by atoms with van der Waals surface area (Å²) in [6.45, 7) is 3.73. The molecule has 2 aromatic carbocycles. The summed E-state index contributed by atoms with van der Waals surface area (Å²) in [6, 6.07) is 15.9. The second-order valence-electron chi connectivity index (χ2n) is 6.75. The third kappa shape index (κ3) is 4.76. The Morgan fingerprint density at radius 2 is 1.93 bits per heavy atom. The number of pyridine rings is 1. The summed E-state index contributed by atoms with van der Waals surface area (Å²) in [5.74, 6) is 1.19. The molecule has 30 heavy (non-hydrogen) atoms. The highest BCUT2D eigenvalue weighted by molar-refractivity contribution is 5.97. The van der Waals surface area contributed by atoms with Crippen LogP contribution in [0.3, 0.4) is 0 Å². The highest BCUT2D eigenvalue weighted by Gasteiger charge is 2.16. The molecular formula is C24H22N2O4. The minimum atomic E-state index is -0.181. The minimum absolute atomic E-state index is 0.00532. The molecule has 0 spiro atoms. The molecule has 0 bridgehead atoms. The maximum absolute atomic E-state index is 11.7. The van der Waals surface area contributed by atoms with Crippen molar-refractivity contribution in [1.82, 2.24) is 4.98 Å². The first-order chi connectivity index (χ1) is 14.5. The third-order valence-electron chi connectivity index (χ3n) is 4.54. The summed E-state index contributed by atoms with van der Waals surface area (Å²) in [7, 11) is 0. The van der Waals surface area contributed by atoms with Gasteiger partial charge in [0, 0.05) is 11.8 Å². The maximum Gasteiger partial charge on any atom is 0.237 e. The topological polar surface area (TPSA) is 92.4 Å². The minimum Gasteiger partial charge on any atom is -0.507 e. The molecule has 0 aliphatic rings. The zero-order valence-electron chi connectivity index (χ0n) is 16.9. The van der Waals surface area contributed by atoms with Crippen LogP contribution in [-0.4, -0.2) is 15.9 Å². The lowest BCUT2D eigenvalue weighted by molar-refractivity contribution is 0.101. The fourth-order valence-corrected chi connectivity index (χ4v) is 3.01. The van der Waals surface area contributed by atoms with Crippen molar-refractivity contribution in [1.29, 1.82) is 5.26 Å². The van der Waals surface area contributed by atoms with Crippen molar-refractivity contribution in [2.75, 3.05) is 0 Å². The molecule has 1 N–H and O–H groups in total. The maximum atomic E-state index is 11.7. The second kappa shape index (κ2) is 9.57. The molecule has 3 rings (SSSR count). The molecular weight excluding hydrogens is 380 g/mol. The molecule has 0 amide bonds. The normalized spacial score (nSPS) is 10.3. The lowest BCUT2D eigenvalue weighted by Crippen LogP contribution is -2.02. The van der Waals surface area contributed by atoms with Crippen LogP contribution in [-0.2, 0) is 13.0 Å². The van der Waals surface area contributed by atoms with Crippen LogP contribution in [0.1, 0.15) is 47.3 Å². The summed E-state index contributed by atoms with van der Waals surface area (Å²) < 4.78 is 11.6. The van der Waals surface area contributed by atoms with Crippen LogP contribution in [0, 0.1) is 11.3 Å². The number of phenols is 1. The van der Waals surface area contributed by atoms with Crippen LogP contribution < -0.4 is 9.47 Å². The predicted molar refractivity (Wildman–Crippen MR) is 112 cm³/mol. The molecule has 6 heteroatoms. The molecule has 152 valence electrons. The number of aromatic hydroxyl groups is 1. The Hall–Kier alpha value is -3.85.